The molecule has 0 atom stereocenters. The zero-order valence-electron chi connectivity index (χ0n) is 21.6. The second-order valence-corrected chi connectivity index (χ2v) is 10.7. The molecule has 192 valence electrons. The van der Waals surface area contributed by atoms with Crippen LogP contribution < -0.4 is 15.9 Å². The lowest BCUT2D eigenvalue weighted by atomic mass is 10.0. The van der Waals surface area contributed by atoms with E-state index in [-0.39, 0.29) is 11.9 Å². The maximum Gasteiger partial charge on any atom is 0.269 e. The minimum absolute atomic E-state index is 0.00783. The highest BCUT2D eigenvalue weighted by molar-refractivity contribution is 7.07. The van der Waals surface area contributed by atoms with E-state index in [0.29, 0.717) is 12.2 Å². The quantitative estimate of drug-likeness (QED) is 0.384. The number of aromatic nitrogens is 1. The predicted molar refractivity (Wildman–Crippen MR) is 149 cm³/mol. The van der Waals surface area contributed by atoms with Gasteiger partial charge in [-0.25, -0.2) is 4.99 Å². The van der Waals surface area contributed by atoms with Crippen LogP contribution in [0.25, 0.3) is 0 Å². The number of aryl methyl sites for hydroxylation is 2. The highest BCUT2D eigenvalue weighted by Crippen LogP contribution is 2.18. The summed E-state index contributed by atoms with van der Waals surface area (Å²) >= 11 is 1.54. The summed E-state index contributed by atoms with van der Waals surface area (Å²) in [6.45, 7) is 8.61. The molecule has 0 bridgehead atoms. The minimum Gasteiger partial charge on any atom is -0.348 e. The van der Waals surface area contributed by atoms with Gasteiger partial charge in [0.25, 0.3) is 5.91 Å². The average molecular weight is 506 g/mol. The number of unbranched alkanes of at least 4 members (excludes halogenated alkanes) is 2. The Balaban J connectivity index is 1.44. The first kappa shape index (κ1) is 26.3. The van der Waals surface area contributed by atoms with E-state index in [1.807, 2.05) is 5.38 Å². The lowest BCUT2D eigenvalue weighted by molar-refractivity contribution is 0.0899. The third-order valence-corrected chi connectivity index (χ3v) is 7.58. The number of piperidine rings is 1. The van der Waals surface area contributed by atoms with Crippen molar-refractivity contribution in [1.82, 2.24) is 14.8 Å². The van der Waals surface area contributed by atoms with Crippen LogP contribution in [-0.2, 0) is 13.1 Å². The number of carbonyl (C=O) groups excluding carboxylic acids is 1. The molecule has 2 aromatic carbocycles. The van der Waals surface area contributed by atoms with E-state index >= 15 is 0 Å². The van der Waals surface area contributed by atoms with Gasteiger partial charge in [0.05, 0.1) is 5.69 Å². The first-order chi connectivity index (χ1) is 17.5. The van der Waals surface area contributed by atoms with Gasteiger partial charge in [0.2, 0.25) is 0 Å². The third-order valence-electron chi connectivity index (χ3n) is 6.72. The van der Waals surface area contributed by atoms with E-state index in [0.717, 1.165) is 68.8 Å². The van der Waals surface area contributed by atoms with Gasteiger partial charge in [-0.05, 0) is 74.9 Å². The molecule has 0 radical (unpaired) electrons. The Bertz CT molecular complexity index is 1170. The van der Waals surface area contributed by atoms with E-state index in [4.69, 9.17) is 10.7 Å². The molecule has 1 fully saturated rings. The summed E-state index contributed by atoms with van der Waals surface area (Å²) in [4.78, 5) is 21.6. The highest BCUT2D eigenvalue weighted by Gasteiger charge is 2.23. The SMILES string of the molecule is Cc1cc(C)cc(N=c2scc(C(=O)NC3CCN(Cc4ccccc4)CC3)n2CCCCCN)c1. The standard InChI is InChI=1S/C29H39N5OS/c1-22-17-23(2)19-26(18-22)32-29-34(14-8-4-7-13-30)27(21-36-29)28(35)31-25-11-15-33(16-12-25)20-24-9-5-3-6-10-24/h3,5-6,9-10,17-19,21,25H,4,7-8,11-16,20,30H2,1-2H3,(H,31,35). The van der Waals surface area contributed by atoms with Gasteiger partial charge >= 0.3 is 0 Å². The Kier molecular flexibility index (Phi) is 9.50. The molecule has 1 aliphatic heterocycles. The van der Waals surface area contributed by atoms with Crippen LogP contribution in [0.4, 0.5) is 5.69 Å². The van der Waals surface area contributed by atoms with Gasteiger partial charge in [-0.1, -0.05) is 42.8 Å². The molecule has 6 nitrogen and oxygen atoms in total. The van der Waals surface area contributed by atoms with Crippen molar-refractivity contribution in [3.8, 4) is 0 Å². The molecule has 1 aliphatic rings. The molecule has 36 heavy (non-hydrogen) atoms. The number of benzene rings is 2. The summed E-state index contributed by atoms with van der Waals surface area (Å²) < 4.78 is 2.10. The van der Waals surface area contributed by atoms with Crippen molar-refractivity contribution in [3.05, 3.63) is 81.1 Å². The van der Waals surface area contributed by atoms with Crippen molar-refractivity contribution in [2.24, 2.45) is 10.7 Å². The van der Waals surface area contributed by atoms with E-state index in [1.54, 1.807) is 11.3 Å². The number of amides is 1. The Labute approximate surface area is 218 Å². The number of carbonyl (C=O) groups is 1. The van der Waals surface area contributed by atoms with Gasteiger partial charge in [-0.3, -0.25) is 9.69 Å². The number of nitrogens with two attached hydrogens (primary N) is 1. The normalized spacial score (nSPS) is 15.4. The fraction of sp³-hybridized carbons (Fsp3) is 0.448. The van der Waals surface area contributed by atoms with Crippen molar-refractivity contribution >= 4 is 22.9 Å². The Morgan fingerprint density at radius 2 is 1.78 bits per heavy atom. The molecule has 7 heteroatoms. The Morgan fingerprint density at radius 3 is 2.47 bits per heavy atom. The zero-order chi connectivity index (χ0) is 25.3. The van der Waals surface area contributed by atoms with E-state index in [9.17, 15) is 4.79 Å². The maximum absolute atomic E-state index is 13.4. The maximum atomic E-state index is 13.4. The molecule has 1 saturated heterocycles. The van der Waals surface area contributed by atoms with Gasteiger partial charge in [0, 0.05) is 37.6 Å². The molecule has 4 rings (SSSR count). The summed E-state index contributed by atoms with van der Waals surface area (Å²) in [5.41, 5.74) is 11.1. The summed E-state index contributed by atoms with van der Waals surface area (Å²) in [5.74, 6) is 0.00783. The van der Waals surface area contributed by atoms with E-state index < -0.39 is 0 Å². The molecule has 1 amide bonds. The minimum atomic E-state index is 0.00783. The second kappa shape index (κ2) is 13.0. The van der Waals surface area contributed by atoms with E-state index in [1.165, 1.54) is 16.7 Å². The molecule has 0 aliphatic carbocycles. The van der Waals surface area contributed by atoms with Crippen LogP contribution in [0, 0.1) is 13.8 Å². The summed E-state index contributed by atoms with van der Waals surface area (Å²) in [5, 5.41) is 5.28. The second-order valence-electron chi connectivity index (χ2n) is 9.87. The fourth-order valence-corrected chi connectivity index (χ4v) is 5.80. The third kappa shape index (κ3) is 7.38. The molecule has 3 N–H and O–H groups in total. The van der Waals surface area contributed by atoms with Crippen LogP contribution in [-0.4, -0.2) is 41.1 Å². The number of hydrogen-bond acceptors (Lipinski definition) is 5. The van der Waals surface area contributed by atoms with Crippen LogP contribution in [0.3, 0.4) is 0 Å². The first-order valence-corrected chi connectivity index (χ1v) is 14.0. The van der Waals surface area contributed by atoms with Crippen molar-refractivity contribution in [3.63, 3.8) is 0 Å². The van der Waals surface area contributed by atoms with Crippen LogP contribution in [0.1, 0.15) is 59.3 Å². The largest absolute Gasteiger partial charge is 0.348 e. The summed E-state index contributed by atoms with van der Waals surface area (Å²) in [6.07, 6.45) is 4.96. The Morgan fingerprint density at radius 1 is 1.06 bits per heavy atom. The monoisotopic (exact) mass is 505 g/mol. The van der Waals surface area contributed by atoms with Gasteiger partial charge in [0.1, 0.15) is 5.69 Å². The zero-order valence-corrected chi connectivity index (χ0v) is 22.4. The number of nitrogens with one attached hydrogen (secondary N) is 1. The smallest absolute Gasteiger partial charge is 0.269 e. The molecule has 3 aromatic rings. The van der Waals surface area contributed by atoms with Crippen LogP contribution in [0.15, 0.2) is 58.9 Å². The van der Waals surface area contributed by atoms with Crippen LogP contribution in [0.5, 0.6) is 0 Å². The van der Waals surface area contributed by atoms with Crippen LogP contribution >= 0.6 is 11.3 Å². The number of rotatable bonds is 10. The molecule has 0 saturated carbocycles. The molecule has 1 aromatic heterocycles. The summed E-state index contributed by atoms with van der Waals surface area (Å²) in [6, 6.07) is 17.1. The van der Waals surface area contributed by atoms with E-state index in [2.05, 4.69) is 77.2 Å². The number of nitrogens with zero attached hydrogens (tertiary/aromatic N) is 3. The van der Waals surface area contributed by atoms with Crippen molar-refractivity contribution in [2.45, 2.75) is 65.1 Å². The van der Waals surface area contributed by atoms with Gasteiger partial charge in [-0.15, -0.1) is 11.3 Å². The van der Waals surface area contributed by atoms with Crippen molar-refractivity contribution in [2.75, 3.05) is 19.6 Å². The van der Waals surface area contributed by atoms with Gasteiger partial charge in [0.15, 0.2) is 4.80 Å². The number of thiazole rings is 1. The van der Waals surface area contributed by atoms with Crippen molar-refractivity contribution < 1.29 is 4.79 Å². The molecular formula is C29H39N5OS. The lowest BCUT2D eigenvalue weighted by Gasteiger charge is -2.32. The topological polar surface area (TPSA) is 75.7 Å². The Hall–Kier alpha value is -2.74. The van der Waals surface area contributed by atoms with Crippen LogP contribution in [0.2, 0.25) is 0 Å². The average Bonchev–Trinajstić information content (AvgIpc) is 3.25. The summed E-state index contributed by atoms with van der Waals surface area (Å²) in [7, 11) is 0. The first-order valence-electron chi connectivity index (χ1n) is 13.1. The predicted octanol–water partition coefficient (Wildman–Crippen LogP) is 4.92. The van der Waals surface area contributed by atoms with Gasteiger partial charge in [-0.2, -0.15) is 0 Å². The molecule has 0 spiro atoms. The highest BCUT2D eigenvalue weighted by atomic mass is 32.1. The van der Waals surface area contributed by atoms with Crippen molar-refractivity contribution in [1.29, 1.82) is 0 Å². The molecule has 0 unspecified atom stereocenters. The fourth-order valence-electron chi connectivity index (χ4n) is 4.87. The molecule has 2 heterocycles. The number of hydrogen-bond donors (Lipinski definition) is 2. The lowest BCUT2D eigenvalue weighted by Crippen LogP contribution is -2.45. The number of likely N-dealkylation sites (tertiary alicyclic amines) is 1. The van der Waals surface area contributed by atoms with Gasteiger partial charge < -0.3 is 15.6 Å². The molecular weight excluding hydrogens is 466 g/mol.